The van der Waals surface area contributed by atoms with E-state index in [-0.39, 0.29) is 55.4 Å². The predicted octanol–water partition coefficient (Wildman–Crippen LogP) is 6.15. The standard InChI is InChI=1S/C34H33ClF6N8O2/c1-46(21-8-13-47(17-21)31(50)25(37)18-49-12-3-2-10-43-49)30-23-15-42-28(22-6-4-7-24(35)26(22)34(39,40)41)27(38)29(23)44-32(45-30)51-19-33-9-5-11-48(33)16-20(36)14-33/h2-4,6-7,10,12,15,18,20-21,43H,5,8-9,11,13-14,16-17,19H2,1H3/b25-18-/t20-,21-,33+/m1/s1. The number of likely N-dealkylation sites (tertiary alicyclic amines) is 1. The fourth-order valence-electron chi connectivity index (χ4n) is 7.39. The molecule has 51 heavy (non-hydrogen) atoms. The number of ether oxygens (including phenoxy) is 1. The number of hydrazine groups is 1. The number of halogens is 7. The minimum absolute atomic E-state index is 0.0162. The number of hydrogen-bond acceptors (Lipinski definition) is 9. The maximum atomic E-state index is 16.5. The zero-order chi connectivity index (χ0) is 36.1. The first-order chi connectivity index (χ1) is 24.3. The Morgan fingerprint density at radius 1 is 1.22 bits per heavy atom. The zero-order valence-electron chi connectivity index (χ0n) is 27.3. The SMILES string of the molecule is CN(c1nc(OC[C@@]23CCCN2C[C@H](F)C3)nc2c(F)c(-c3cccc(Cl)c3C(F)(F)F)ncc12)[C@@H]1CCN(C(=O)/C(F)=C/N2C=CC=CN2)C1. The van der Waals surface area contributed by atoms with Gasteiger partial charge in [0.05, 0.1) is 27.7 Å². The zero-order valence-corrected chi connectivity index (χ0v) is 28.1. The molecule has 0 unspecified atom stereocenters. The van der Waals surface area contributed by atoms with Crippen LogP contribution in [0.1, 0.15) is 31.2 Å². The highest BCUT2D eigenvalue weighted by atomic mass is 35.5. The number of allylic oxidation sites excluding steroid dienone is 2. The van der Waals surface area contributed by atoms with Gasteiger partial charge in [-0.15, -0.1) is 0 Å². The minimum atomic E-state index is -4.91. The van der Waals surface area contributed by atoms with Gasteiger partial charge in [0.2, 0.25) is 5.83 Å². The average molecular weight is 735 g/mol. The molecule has 0 radical (unpaired) electrons. The average Bonchev–Trinajstić information content (AvgIpc) is 3.81. The van der Waals surface area contributed by atoms with Gasteiger partial charge in [-0.3, -0.25) is 19.7 Å². The van der Waals surface area contributed by atoms with Gasteiger partial charge >= 0.3 is 12.2 Å². The van der Waals surface area contributed by atoms with Crippen LogP contribution in [0.15, 0.2) is 61.0 Å². The summed E-state index contributed by atoms with van der Waals surface area (Å²) >= 11 is 5.94. The van der Waals surface area contributed by atoms with Crippen molar-refractivity contribution in [1.82, 2.24) is 35.2 Å². The lowest BCUT2D eigenvalue weighted by molar-refractivity contribution is -0.137. The molecule has 0 aliphatic carbocycles. The highest BCUT2D eigenvalue weighted by Gasteiger charge is 2.49. The summed E-state index contributed by atoms with van der Waals surface area (Å²) in [7, 11) is 1.65. The first-order valence-corrected chi connectivity index (χ1v) is 16.7. The number of anilines is 1. The van der Waals surface area contributed by atoms with Gasteiger partial charge in [0.25, 0.3) is 5.91 Å². The lowest BCUT2D eigenvalue weighted by Gasteiger charge is -2.31. The van der Waals surface area contributed by atoms with E-state index in [0.717, 1.165) is 24.8 Å². The quantitative estimate of drug-likeness (QED) is 0.216. The Morgan fingerprint density at radius 3 is 2.80 bits per heavy atom. The Morgan fingerprint density at radius 2 is 2.04 bits per heavy atom. The van der Waals surface area contributed by atoms with Crippen LogP contribution in [0.25, 0.3) is 22.2 Å². The van der Waals surface area contributed by atoms with Crippen molar-refractivity contribution in [1.29, 1.82) is 0 Å². The topological polar surface area (TPSA) is 90.0 Å². The number of nitrogens with one attached hydrogen (secondary N) is 1. The van der Waals surface area contributed by atoms with E-state index in [1.54, 1.807) is 30.3 Å². The van der Waals surface area contributed by atoms with Crippen molar-refractivity contribution in [3.63, 3.8) is 0 Å². The summed E-state index contributed by atoms with van der Waals surface area (Å²) in [4.78, 5) is 31.0. The van der Waals surface area contributed by atoms with Crippen LogP contribution < -0.4 is 15.1 Å². The van der Waals surface area contributed by atoms with E-state index in [2.05, 4.69) is 20.4 Å². The Kier molecular flexibility index (Phi) is 9.24. The highest BCUT2D eigenvalue weighted by molar-refractivity contribution is 6.31. The second-order valence-corrected chi connectivity index (χ2v) is 13.5. The number of fused-ring (bicyclic) bond motifs is 2. The highest BCUT2D eigenvalue weighted by Crippen LogP contribution is 2.44. The molecular formula is C34H33ClF6N8O2. The fourth-order valence-corrected chi connectivity index (χ4v) is 7.68. The molecule has 1 amide bonds. The molecule has 4 aliphatic rings. The van der Waals surface area contributed by atoms with Crippen molar-refractivity contribution in [2.75, 3.05) is 44.7 Å². The molecule has 3 fully saturated rings. The van der Waals surface area contributed by atoms with Crippen LogP contribution in [0.5, 0.6) is 6.01 Å². The number of hydrogen-bond donors (Lipinski definition) is 1. The summed E-state index contributed by atoms with van der Waals surface area (Å²) in [5.41, 5.74) is -0.623. The van der Waals surface area contributed by atoms with Crippen LogP contribution in [0.4, 0.5) is 32.2 Å². The van der Waals surface area contributed by atoms with Crippen LogP contribution in [0.3, 0.4) is 0 Å². The predicted molar refractivity (Wildman–Crippen MR) is 177 cm³/mol. The van der Waals surface area contributed by atoms with Gasteiger partial charge in [-0.2, -0.15) is 27.5 Å². The number of amides is 1. The summed E-state index contributed by atoms with van der Waals surface area (Å²) in [5.74, 6) is -2.84. The Bertz CT molecular complexity index is 1940. The Balaban J connectivity index is 1.23. The van der Waals surface area contributed by atoms with Crippen molar-refractivity contribution >= 4 is 34.2 Å². The molecule has 3 saturated heterocycles. The summed E-state index contributed by atoms with van der Waals surface area (Å²) < 4.78 is 94.3. The largest absolute Gasteiger partial charge is 0.461 e. The van der Waals surface area contributed by atoms with E-state index in [1.807, 2.05) is 4.90 Å². The lowest BCUT2D eigenvalue weighted by atomic mass is 9.95. The second kappa shape index (κ2) is 13.5. The third-order valence-electron chi connectivity index (χ3n) is 9.89. The van der Waals surface area contributed by atoms with Gasteiger partial charge in [0.15, 0.2) is 5.82 Å². The van der Waals surface area contributed by atoms with E-state index in [9.17, 15) is 26.7 Å². The van der Waals surface area contributed by atoms with Crippen molar-refractivity contribution in [2.24, 2.45) is 0 Å². The van der Waals surface area contributed by atoms with Gasteiger partial charge in [0, 0.05) is 63.3 Å². The molecule has 0 bridgehead atoms. The fraction of sp³-hybridized carbons (Fsp3) is 0.412. The molecule has 7 rings (SSSR count). The first kappa shape index (κ1) is 34.9. The van der Waals surface area contributed by atoms with Crippen LogP contribution in [0, 0.1) is 5.82 Å². The number of nitrogens with zero attached hydrogens (tertiary/aromatic N) is 7. The molecule has 2 aromatic heterocycles. The molecule has 3 aromatic rings. The van der Waals surface area contributed by atoms with Gasteiger partial charge in [-0.05, 0) is 44.0 Å². The van der Waals surface area contributed by atoms with E-state index >= 15 is 4.39 Å². The molecule has 1 N–H and O–H groups in total. The monoisotopic (exact) mass is 734 g/mol. The summed E-state index contributed by atoms with van der Waals surface area (Å²) in [6, 6.07) is 2.70. The van der Waals surface area contributed by atoms with Crippen LogP contribution in [0.2, 0.25) is 5.02 Å². The van der Waals surface area contributed by atoms with Crippen molar-refractivity contribution in [3.8, 4) is 17.3 Å². The van der Waals surface area contributed by atoms with E-state index in [0.29, 0.717) is 19.4 Å². The van der Waals surface area contributed by atoms with Crippen molar-refractivity contribution in [2.45, 2.75) is 49.6 Å². The molecule has 17 heteroatoms. The summed E-state index contributed by atoms with van der Waals surface area (Å²) in [5, 5.41) is 0.740. The number of carbonyl (C=O) groups is 1. The number of carbonyl (C=O) groups excluding carboxylic acids is 1. The first-order valence-electron chi connectivity index (χ1n) is 16.4. The summed E-state index contributed by atoms with van der Waals surface area (Å²) in [6.45, 7) is 1.29. The summed E-state index contributed by atoms with van der Waals surface area (Å²) in [6.07, 6.45) is 4.91. The number of likely N-dealkylation sites (N-methyl/N-ethyl adjacent to an activating group) is 1. The lowest BCUT2D eigenvalue weighted by Crippen LogP contribution is -2.43. The smallest absolute Gasteiger partial charge is 0.418 e. The van der Waals surface area contributed by atoms with Gasteiger partial charge in [-0.1, -0.05) is 23.7 Å². The molecular weight excluding hydrogens is 702 g/mol. The van der Waals surface area contributed by atoms with E-state index in [4.69, 9.17) is 16.3 Å². The number of alkyl halides is 4. The number of benzene rings is 1. The third-order valence-corrected chi connectivity index (χ3v) is 10.2. The Hall–Kier alpha value is -4.57. The molecule has 270 valence electrons. The number of aromatic nitrogens is 3. The van der Waals surface area contributed by atoms with Crippen LogP contribution >= 0.6 is 11.6 Å². The molecule has 10 nitrogen and oxygen atoms in total. The molecule has 4 aliphatic heterocycles. The maximum absolute atomic E-state index is 16.5. The molecule has 0 saturated carbocycles. The maximum Gasteiger partial charge on any atom is 0.418 e. The van der Waals surface area contributed by atoms with Gasteiger partial charge in [-0.25, -0.2) is 8.78 Å². The normalized spacial score (nSPS) is 23.6. The molecule has 6 heterocycles. The molecule has 3 atom stereocenters. The van der Waals surface area contributed by atoms with Crippen molar-refractivity contribution in [3.05, 3.63) is 77.4 Å². The second-order valence-electron chi connectivity index (χ2n) is 13.1. The van der Waals surface area contributed by atoms with Crippen molar-refractivity contribution < 1.29 is 35.9 Å². The van der Waals surface area contributed by atoms with Gasteiger partial charge < -0.3 is 20.0 Å². The Labute approximate surface area is 294 Å². The third kappa shape index (κ3) is 6.66. The molecule has 1 aromatic carbocycles. The molecule has 0 spiro atoms. The van der Waals surface area contributed by atoms with Crippen LogP contribution in [-0.4, -0.2) is 93.3 Å². The van der Waals surface area contributed by atoms with E-state index in [1.165, 1.54) is 28.4 Å². The minimum Gasteiger partial charge on any atom is -0.461 e. The number of pyridine rings is 1. The number of rotatable bonds is 8. The van der Waals surface area contributed by atoms with Gasteiger partial charge in [0.1, 0.15) is 29.8 Å². The van der Waals surface area contributed by atoms with E-state index < -0.39 is 63.3 Å². The van der Waals surface area contributed by atoms with Crippen LogP contribution in [-0.2, 0) is 11.0 Å².